The van der Waals surface area contributed by atoms with Crippen molar-refractivity contribution in [1.82, 2.24) is 10.2 Å². The van der Waals surface area contributed by atoms with Crippen LogP contribution in [0, 0.1) is 19.7 Å². The number of carbonyl (C=O) groups excluding carboxylic acids is 2. The van der Waals surface area contributed by atoms with Gasteiger partial charge in [0.05, 0.1) is 10.6 Å². The fourth-order valence-electron chi connectivity index (χ4n) is 3.91. The summed E-state index contributed by atoms with van der Waals surface area (Å²) in [7, 11) is -4.19. The molecule has 0 spiro atoms. The minimum Gasteiger partial charge on any atom is -0.354 e. The molecule has 10 heteroatoms. The minimum absolute atomic E-state index is 0.0123. The summed E-state index contributed by atoms with van der Waals surface area (Å²) in [6, 6.07) is 15.5. The number of amides is 2. The average Bonchev–Trinajstić information content (AvgIpc) is 2.91. The van der Waals surface area contributed by atoms with Crippen molar-refractivity contribution < 1.29 is 22.4 Å². The van der Waals surface area contributed by atoms with Gasteiger partial charge >= 0.3 is 0 Å². The molecule has 0 saturated carbocycles. The van der Waals surface area contributed by atoms with Crippen LogP contribution in [-0.4, -0.2) is 44.3 Å². The van der Waals surface area contributed by atoms with E-state index in [0.29, 0.717) is 29.2 Å². The molecule has 7 nitrogen and oxygen atoms in total. The van der Waals surface area contributed by atoms with E-state index in [1.165, 1.54) is 53.4 Å². The van der Waals surface area contributed by atoms with Crippen LogP contribution < -0.4 is 9.62 Å². The van der Waals surface area contributed by atoms with Crippen LogP contribution in [0.25, 0.3) is 0 Å². The first-order chi connectivity index (χ1) is 18.4. The predicted molar refractivity (Wildman–Crippen MR) is 152 cm³/mol. The second-order valence-corrected chi connectivity index (χ2v) is 11.6. The highest BCUT2D eigenvalue weighted by molar-refractivity contribution is 7.92. The Morgan fingerprint density at radius 2 is 1.62 bits per heavy atom. The van der Waals surface area contributed by atoms with E-state index >= 15 is 0 Å². The number of hydrogen-bond acceptors (Lipinski definition) is 4. The molecule has 3 aromatic rings. The summed E-state index contributed by atoms with van der Waals surface area (Å²) in [6.07, 6.45) is 0.713. The molecule has 0 radical (unpaired) electrons. The van der Waals surface area contributed by atoms with Gasteiger partial charge in [-0.05, 0) is 92.4 Å². The Bertz CT molecular complexity index is 1410. The van der Waals surface area contributed by atoms with Gasteiger partial charge in [0.1, 0.15) is 18.4 Å². The third-order valence-corrected chi connectivity index (χ3v) is 8.48. The van der Waals surface area contributed by atoms with Crippen LogP contribution in [0.2, 0.25) is 5.02 Å². The summed E-state index contributed by atoms with van der Waals surface area (Å²) in [5, 5.41) is 3.16. The highest BCUT2D eigenvalue weighted by atomic mass is 35.5. The van der Waals surface area contributed by atoms with Crippen molar-refractivity contribution in [3.05, 3.63) is 94.3 Å². The van der Waals surface area contributed by atoms with Crippen LogP contribution in [0.3, 0.4) is 0 Å². The number of carbonyl (C=O) groups is 2. The van der Waals surface area contributed by atoms with E-state index in [9.17, 15) is 22.4 Å². The van der Waals surface area contributed by atoms with Gasteiger partial charge in [0.25, 0.3) is 10.0 Å². The van der Waals surface area contributed by atoms with Crippen molar-refractivity contribution >= 4 is 39.1 Å². The maximum absolute atomic E-state index is 13.8. The number of benzene rings is 3. The molecule has 3 rings (SSSR count). The van der Waals surface area contributed by atoms with Crippen LogP contribution in [0.15, 0.2) is 71.6 Å². The van der Waals surface area contributed by atoms with Crippen LogP contribution >= 0.6 is 11.6 Å². The van der Waals surface area contributed by atoms with Crippen LogP contribution in [-0.2, 0) is 26.2 Å². The molecule has 3 aromatic carbocycles. The fourth-order valence-corrected chi connectivity index (χ4v) is 5.44. The second-order valence-electron chi connectivity index (χ2n) is 9.35. The van der Waals surface area contributed by atoms with E-state index in [1.807, 2.05) is 20.8 Å². The molecule has 0 saturated heterocycles. The number of nitrogens with one attached hydrogen (secondary N) is 1. The number of rotatable bonds is 11. The number of hydrogen-bond donors (Lipinski definition) is 1. The predicted octanol–water partition coefficient (Wildman–Crippen LogP) is 5.23. The van der Waals surface area contributed by atoms with Gasteiger partial charge in [-0.15, -0.1) is 0 Å². The Morgan fingerprint density at radius 1 is 0.974 bits per heavy atom. The van der Waals surface area contributed by atoms with E-state index in [-0.39, 0.29) is 17.3 Å². The smallest absolute Gasteiger partial charge is 0.264 e. The SMILES string of the molecule is CCCNC(=O)C(C)N(Cc1ccc(F)cc1)C(=O)CN(c1ccc(C)c(C)c1)S(=O)(=O)c1ccc(Cl)cc1. The van der Waals surface area contributed by atoms with Crippen molar-refractivity contribution in [2.45, 2.75) is 51.6 Å². The van der Waals surface area contributed by atoms with Crippen molar-refractivity contribution in [2.24, 2.45) is 0 Å². The molecule has 39 heavy (non-hydrogen) atoms. The maximum atomic E-state index is 13.8. The quantitative estimate of drug-likeness (QED) is 0.340. The van der Waals surface area contributed by atoms with Gasteiger partial charge in [-0.2, -0.15) is 0 Å². The highest BCUT2D eigenvalue weighted by Gasteiger charge is 2.32. The third kappa shape index (κ3) is 7.58. The zero-order valence-corrected chi connectivity index (χ0v) is 24.0. The van der Waals surface area contributed by atoms with Crippen LogP contribution in [0.4, 0.5) is 10.1 Å². The Hall–Kier alpha value is -3.43. The van der Waals surface area contributed by atoms with Gasteiger partial charge < -0.3 is 10.2 Å². The van der Waals surface area contributed by atoms with Gasteiger partial charge in [0, 0.05) is 18.1 Å². The molecule has 1 N–H and O–H groups in total. The Labute approximate surface area is 234 Å². The zero-order chi connectivity index (χ0) is 28.7. The van der Waals surface area contributed by atoms with E-state index in [0.717, 1.165) is 15.4 Å². The molecular weight excluding hydrogens is 541 g/mol. The summed E-state index contributed by atoms with van der Waals surface area (Å²) < 4.78 is 42.2. The number of halogens is 2. The number of nitrogens with zero attached hydrogens (tertiary/aromatic N) is 2. The standard InChI is InChI=1S/C29H33ClFN3O4S/c1-5-16-32-29(36)22(4)33(18-23-7-11-25(31)12-8-23)28(35)19-34(26-13-6-20(2)21(3)17-26)39(37,38)27-14-9-24(30)10-15-27/h6-15,17,22H,5,16,18-19H2,1-4H3,(H,32,36). The fraction of sp³-hybridized carbons (Fsp3) is 0.310. The first-order valence-electron chi connectivity index (χ1n) is 12.6. The molecule has 0 heterocycles. The molecule has 208 valence electrons. The van der Waals surface area contributed by atoms with Gasteiger partial charge in [0.15, 0.2) is 0 Å². The molecule has 0 aliphatic rings. The largest absolute Gasteiger partial charge is 0.354 e. The lowest BCUT2D eigenvalue weighted by Crippen LogP contribution is -2.51. The van der Waals surface area contributed by atoms with Gasteiger partial charge in [-0.25, -0.2) is 12.8 Å². The van der Waals surface area contributed by atoms with Crippen LogP contribution in [0.5, 0.6) is 0 Å². The van der Waals surface area contributed by atoms with Crippen LogP contribution in [0.1, 0.15) is 37.0 Å². The van der Waals surface area contributed by atoms with Gasteiger partial charge in [0.2, 0.25) is 11.8 Å². The number of anilines is 1. The molecule has 0 aliphatic heterocycles. The zero-order valence-electron chi connectivity index (χ0n) is 22.4. The lowest BCUT2D eigenvalue weighted by molar-refractivity contribution is -0.139. The molecular formula is C29H33ClFN3O4S. The van der Waals surface area contributed by atoms with E-state index in [4.69, 9.17) is 11.6 Å². The lowest BCUT2D eigenvalue weighted by Gasteiger charge is -2.32. The Balaban J connectivity index is 2.04. The van der Waals surface area contributed by atoms with E-state index < -0.39 is 34.3 Å². The van der Waals surface area contributed by atoms with E-state index in [1.54, 1.807) is 25.1 Å². The summed E-state index contributed by atoms with van der Waals surface area (Å²) >= 11 is 5.98. The second kappa shape index (κ2) is 13.1. The molecule has 1 unspecified atom stereocenters. The van der Waals surface area contributed by atoms with Crippen molar-refractivity contribution in [2.75, 3.05) is 17.4 Å². The lowest BCUT2D eigenvalue weighted by atomic mass is 10.1. The van der Waals surface area contributed by atoms with E-state index in [2.05, 4.69) is 5.32 Å². The first-order valence-corrected chi connectivity index (χ1v) is 14.4. The normalized spacial score (nSPS) is 12.1. The molecule has 2 amide bonds. The Kier molecular flexibility index (Phi) is 10.1. The molecule has 0 aromatic heterocycles. The summed E-state index contributed by atoms with van der Waals surface area (Å²) in [5.74, 6) is -1.39. The monoisotopic (exact) mass is 573 g/mol. The van der Waals surface area contributed by atoms with Crippen molar-refractivity contribution in [1.29, 1.82) is 0 Å². The van der Waals surface area contributed by atoms with Crippen molar-refractivity contribution in [3.8, 4) is 0 Å². The van der Waals surface area contributed by atoms with Gasteiger partial charge in [-0.3, -0.25) is 13.9 Å². The topological polar surface area (TPSA) is 86.8 Å². The highest BCUT2D eigenvalue weighted by Crippen LogP contribution is 2.27. The number of aryl methyl sites for hydroxylation is 2. The minimum atomic E-state index is -4.19. The molecule has 1 atom stereocenters. The molecule has 0 fully saturated rings. The summed E-state index contributed by atoms with van der Waals surface area (Å²) in [4.78, 5) is 28.0. The van der Waals surface area contributed by atoms with Crippen molar-refractivity contribution in [3.63, 3.8) is 0 Å². The van der Waals surface area contributed by atoms with Gasteiger partial charge in [-0.1, -0.05) is 36.7 Å². The third-order valence-electron chi connectivity index (χ3n) is 6.44. The maximum Gasteiger partial charge on any atom is 0.264 e. The summed E-state index contributed by atoms with van der Waals surface area (Å²) in [6.45, 7) is 7.12. The first kappa shape index (κ1) is 30.1. The Morgan fingerprint density at radius 3 is 2.21 bits per heavy atom. The summed E-state index contributed by atoms with van der Waals surface area (Å²) in [5.41, 5.74) is 2.73. The molecule has 0 aliphatic carbocycles. The number of sulfonamides is 1. The molecule has 0 bridgehead atoms. The average molecular weight is 574 g/mol.